The van der Waals surface area contributed by atoms with Gasteiger partial charge in [0, 0.05) is 10.8 Å². The number of rotatable bonds is 8. The number of hydrogen-bond acceptors (Lipinski definition) is 3. The van der Waals surface area contributed by atoms with Gasteiger partial charge >= 0.3 is 0 Å². The minimum absolute atomic E-state index is 0.0178. The summed E-state index contributed by atoms with van der Waals surface area (Å²) in [6, 6.07) is 11.5. The molecule has 6 heteroatoms. The lowest BCUT2D eigenvalue weighted by molar-refractivity contribution is -0.119. The Kier molecular flexibility index (Phi) is 6.37. The van der Waals surface area contributed by atoms with E-state index in [1.807, 2.05) is 24.3 Å². The molecule has 0 aromatic heterocycles. The van der Waals surface area contributed by atoms with E-state index in [9.17, 15) is 13.6 Å². The molecule has 0 radical (unpaired) electrons. The first kappa shape index (κ1) is 19.7. The fraction of sp³-hybridized carbons (Fsp3) is 0.381. The van der Waals surface area contributed by atoms with Crippen molar-refractivity contribution in [3.05, 3.63) is 65.2 Å². The maximum atomic E-state index is 13.9. The molecule has 0 saturated heterocycles. The maximum absolute atomic E-state index is 13.9. The SMILES string of the molecule is COc1ccc(C(NC(=O)CSC(C)c2c(F)cccc2F)C2CC2)cc1. The third-order valence-electron chi connectivity index (χ3n) is 4.76. The topological polar surface area (TPSA) is 38.3 Å². The lowest BCUT2D eigenvalue weighted by Gasteiger charge is -2.20. The predicted octanol–water partition coefficient (Wildman–Crippen LogP) is 5.04. The molecule has 0 spiro atoms. The Morgan fingerprint density at radius 1 is 1.19 bits per heavy atom. The second kappa shape index (κ2) is 8.74. The van der Waals surface area contributed by atoms with Gasteiger partial charge in [0.1, 0.15) is 17.4 Å². The highest BCUT2D eigenvalue weighted by molar-refractivity contribution is 8.00. The number of carbonyl (C=O) groups excluding carboxylic acids is 1. The van der Waals surface area contributed by atoms with Crippen LogP contribution in [0.4, 0.5) is 8.78 Å². The number of halogens is 2. The lowest BCUT2D eigenvalue weighted by atomic mass is 10.0. The van der Waals surface area contributed by atoms with Gasteiger partial charge in [-0.25, -0.2) is 8.78 Å². The van der Waals surface area contributed by atoms with Crippen molar-refractivity contribution in [3.8, 4) is 5.75 Å². The number of amides is 1. The summed E-state index contributed by atoms with van der Waals surface area (Å²) in [5.74, 6) is 0.0731. The first-order chi connectivity index (χ1) is 13.0. The fourth-order valence-corrected chi connectivity index (χ4v) is 3.99. The molecule has 2 unspecified atom stereocenters. The summed E-state index contributed by atoms with van der Waals surface area (Å²) in [5.41, 5.74) is 1.06. The minimum atomic E-state index is -0.579. The highest BCUT2D eigenvalue weighted by Crippen LogP contribution is 2.41. The van der Waals surface area contributed by atoms with Gasteiger partial charge in [0.25, 0.3) is 0 Å². The van der Waals surface area contributed by atoms with E-state index in [1.165, 1.54) is 30.0 Å². The van der Waals surface area contributed by atoms with Gasteiger partial charge in [0.15, 0.2) is 0 Å². The molecule has 1 aliphatic rings. The third kappa shape index (κ3) is 5.01. The Morgan fingerprint density at radius 2 is 1.81 bits per heavy atom. The van der Waals surface area contributed by atoms with Gasteiger partial charge in [-0.2, -0.15) is 0 Å². The quantitative estimate of drug-likeness (QED) is 0.685. The molecule has 0 bridgehead atoms. The summed E-state index contributed by atoms with van der Waals surface area (Å²) in [7, 11) is 1.62. The number of ether oxygens (including phenoxy) is 1. The standard InChI is InChI=1S/C21H23F2NO2S/c1-13(20-17(22)4-3-5-18(20)23)27-12-19(25)24-21(14-6-7-14)15-8-10-16(26-2)11-9-15/h3-5,8-11,13-14,21H,6-7,12H2,1-2H3,(H,24,25). The van der Waals surface area contributed by atoms with Crippen molar-refractivity contribution in [1.82, 2.24) is 5.32 Å². The van der Waals surface area contributed by atoms with Crippen molar-refractivity contribution in [2.24, 2.45) is 5.92 Å². The van der Waals surface area contributed by atoms with Crippen molar-refractivity contribution in [1.29, 1.82) is 0 Å². The lowest BCUT2D eigenvalue weighted by Crippen LogP contribution is -2.31. The number of methoxy groups -OCH3 is 1. The van der Waals surface area contributed by atoms with Crippen molar-refractivity contribution in [2.45, 2.75) is 31.1 Å². The molecule has 144 valence electrons. The van der Waals surface area contributed by atoms with Crippen LogP contribution in [0.15, 0.2) is 42.5 Å². The Hall–Kier alpha value is -2.08. The number of benzene rings is 2. The van der Waals surface area contributed by atoms with Crippen LogP contribution in [0.1, 0.15) is 42.2 Å². The molecule has 3 nitrogen and oxygen atoms in total. The molecule has 1 N–H and O–H groups in total. The van der Waals surface area contributed by atoms with Crippen LogP contribution in [0.2, 0.25) is 0 Å². The first-order valence-corrected chi connectivity index (χ1v) is 10.0. The molecule has 2 aromatic rings. The van der Waals surface area contributed by atoms with Crippen LogP contribution in [0.25, 0.3) is 0 Å². The van der Waals surface area contributed by atoms with Gasteiger partial charge in [-0.3, -0.25) is 4.79 Å². The van der Waals surface area contributed by atoms with Crippen molar-refractivity contribution in [3.63, 3.8) is 0 Å². The van der Waals surface area contributed by atoms with E-state index in [-0.39, 0.29) is 23.3 Å². The summed E-state index contributed by atoms with van der Waals surface area (Å²) < 4.78 is 32.9. The van der Waals surface area contributed by atoms with Crippen LogP contribution in [0.5, 0.6) is 5.75 Å². The molecule has 1 amide bonds. The van der Waals surface area contributed by atoms with Crippen LogP contribution < -0.4 is 10.1 Å². The number of nitrogens with one attached hydrogen (secondary N) is 1. The van der Waals surface area contributed by atoms with Crippen LogP contribution in [-0.4, -0.2) is 18.8 Å². The van der Waals surface area contributed by atoms with E-state index >= 15 is 0 Å². The zero-order chi connectivity index (χ0) is 19.4. The Bertz CT molecular complexity index is 773. The molecular weight excluding hydrogens is 368 g/mol. The second-order valence-electron chi connectivity index (χ2n) is 6.74. The molecule has 2 aromatic carbocycles. The van der Waals surface area contributed by atoms with Crippen LogP contribution >= 0.6 is 11.8 Å². The molecule has 1 saturated carbocycles. The average molecular weight is 391 g/mol. The molecule has 1 fully saturated rings. The zero-order valence-corrected chi connectivity index (χ0v) is 16.2. The summed E-state index contributed by atoms with van der Waals surface area (Å²) in [5, 5.41) is 2.63. The number of carbonyl (C=O) groups is 1. The molecule has 2 atom stereocenters. The summed E-state index contributed by atoms with van der Waals surface area (Å²) in [6.45, 7) is 1.71. The van der Waals surface area contributed by atoms with Gasteiger partial charge in [0.05, 0.1) is 18.9 Å². The third-order valence-corrected chi connectivity index (χ3v) is 5.92. The van der Waals surface area contributed by atoms with E-state index in [2.05, 4.69) is 5.32 Å². The summed E-state index contributed by atoms with van der Waals surface area (Å²) >= 11 is 1.23. The average Bonchev–Trinajstić information content (AvgIpc) is 3.49. The Balaban J connectivity index is 1.60. The van der Waals surface area contributed by atoms with E-state index < -0.39 is 16.9 Å². The van der Waals surface area contributed by atoms with Crippen LogP contribution in [-0.2, 0) is 4.79 Å². The van der Waals surface area contributed by atoms with Crippen molar-refractivity contribution in [2.75, 3.05) is 12.9 Å². The van der Waals surface area contributed by atoms with Gasteiger partial charge in [-0.05, 0) is 55.5 Å². The highest BCUT2D eigenvalue weighted by Gasteiger charge is 2.33. The molecule has 0 aliphatic heterocycles. The van der Waals surface area contributed by atoms with E-state index in [0.717, 1.165) is 24.2 Å². The fourth-order valence-electron chi connectivity index (χ4n) is 3.11. The smallest absolute Gasteiger partial charge is 0.230 e. The number of hydrogen-bond donors (Lipinski definition) is 1. The second-order valence-corrected chi connectivity index (χ2v) is 8.07. The first-order valence-electron chi connectivity index (χ1n) is 8.98. The van der Waals surface area contributed by atoms with E-state index in [0.29, 0.717) is 5.92 Å². The van der Waals surface area contributed by atoms with Crippen molar-refractivity contribution >= 4 is 17.7 Å². The maximum Gasteiger partial charge on any atom is 0.230 e. The molecular formula is C21H23F2NO2S. The monoisotopic (exact) mass is 391 g/mol. The van der Waals surface area contributed by atoms with E-state index in [4.69, 9.17) is 4.74 Å². The Morgan fingerprint density at radius 3 is 2.37 bits per heavy atom. The predicted molar refractivity (Wildman–Crippen MR) is 104 cm³/mol. The molecule has 3 rings (SSSR count). The van der Waals surface area contributed by atoms with Gasteiger partial charge in [-0.1, -0.05) is 18.2 Å². The molecule has 27 heavy (non-hydrogen) atoms. The molecule has 1 aliphatic carbocycles. The highest BCUT2D eigenvalue weighted by atomic mass is 32.2. The van der Waals surface area contributed by atoms with Gasteiger partial charge in [0.2, 0.25) is 5.91 Å². The summed E-state index contributed by atoms with van der Waals surface area (Å²) in [6.07, 6.45) is 2.17. The molecule has 0 heterocycles. The largest absolute Gasteiger partial charge is 0.497 e. The zero-order valence-electron chi connectivity index (χ0n) is 15.4. The Labute approximate surface area is 162 Å². The minimum Gasteiger partial charge on any atom is -0.497 e. The van der Waals surface area contributed by atoms with Crippen LogP contribution in [0.3, 0.4) is 0 Å². The van der Waals surface area contributed by atoms with Crippen LogP contribution in [0, 0.1) is 17.6 Å². The number of thioether (sulfide) groups is 1. The van der Waals surface area contributed by atoms with Gasteiger partial charge < -0.3 is 10.1 Å². The summed E-state index contributed by atoms with van der Waals surface area (Å²) in [4.78, 5) is 12.4. The normalized spacial score (nSPS) is 15.9. The van der Waals surface area contributed by atoms with Gasteiger partial charge in [-0.15, -0.1) is 11.8 Å². The van der Waals surface area contributed by atoms with Crippen molar-refractivity contribution < 1.29 is 18.3 Å². The van der Waals surface area contributed by atoms with E-state index in [1.54, 1.807) is 14.0 Å².